The van der Waals surface area contributed by atoms with Gasteiger partial charge in [0.15, 0.2) is 0 Å². The Hall–Kier alpha value is -2.08. The molecule has 1 aromatic heterocycles. The number of thiazole rings is 1. The molecule has 2 aromatic carbocycles. The monoisotopic (exact) mass is 420 g/mol. The van der Waals surface area contributed by atoms with E-state index < -0.39 is 0 Å². The number of ether oxygens (including phenoxy) is 1. The van der Waals surface area contributed by atoms with Gasteiger partial charge in [-0.3, -0.25) is 4.79 Å². The highest BCUT2D eigenvalue weighted by molar-refractivity contribution is 7.09. The number of benzene rings is 2. The second kappa shape index (κ2) is 8.74. The summed E-state index contributed by atoms with van der Waals surface area (Å²) in [6, 6.07) is 11.2. The Bertz CT molecular complexity index is 972. The number of methoxy groups -OCH3 is 1. The number of aryl methyl sites for hydroxylation is 1. The lowest BCUT2D eigenvalue weighted by Gasteiger charge is -2.12. The molecule has 7 heteroatoms. The van der Waals surface area contributed by atoms with Crippen LogP contribution in [0.15, 0.2) is 41.8 Å². The zero-order valence-corrected chi connectivity index (χ0v) is 17.2. The van der Waals surface area contributed by atoms with Gasteiger partial charge in [-0.15, -0.1) is 11.3 Å². The van der Waals surface area contributed by atoms with Crippen LogP contribution >= 0.6 is 34.5 Å². The molecule has 1 heterocycles. The highest BCUT2D eigenvalue weighted by Crippen LogP contribution is 2.31. The standard InChI is InChI=1S/C20H18Cl2N2O2S/c1-12-6-17(18(26-2)10-16(12)22)24-19(25)9-15-11-27-20(23-15)8-13-4-3-5-14(21)7-13/h3-7,10-11H,8-9H2,1-2H3,(H,24,25). The first-order valence-electron chi connectivity index (χ1n) is 8.26. The van der Waals surface area contributed by atoms with Crippen molar-refractivity contribution in [2.24, 2.45) is 0 Å². The lowest BCUT2D eigenvalue weighted by Crippen LogP contribution is -2.15. The molecule has 1 N–H and O–H groups in total. The van der Waals surface area contributed by atoms with E-state index in [1.807, 2.05) is 36.6 Å². The van der Waals surface area contributed by atoms with Gasteiger partial charge in [-0.1, -0.05) is 35.3 Å². The summed E-state index contributed by atoms with van der Waals surface area (Å²) < 4.78 is 5.29. The van der Waals surface area contributed by atoms with Crippen molar-refractivity contribution in [3.8, 4) is 5.75 Å². The lowest BCUT2D eigenvalue weighted by molar-refractivity contribution is -0.115. The molecule has 0 saturated heterocycles. The number of hydrogen-bond acceptors (Lipinski definition) is 4. The van der Waals surface area contributed by atoms with E-state index in [0.717, 1.165) is 21.8 Å². The van der Waals surface area contributed by atoms with Gasteiger partial charge in [-0.2, -0.15) is 0 Å². The molecule has 3 aromatic rings. The number of hydrogen-bond donors (Lipinski definition) is 1. The van der Waals surface area contributed by atoms with Crippen molar-refractivity contribution in [3.05, 3.63) is 73.7 Å². The summed E-state index contributed by atoms with van der Waals surface area (Å²) in [6.45, 7) is 1.87. The van der Waals surface area contributed by atoms with Crippen LogP contribution in [-0.4, -0.2) is 18.0 Å². The first-order chi connectivity index (χ1) is 12.9. The number of nitrogens with one attached hydrogen (secondary N) is 1. The molecule has 0 aliphatic heterocycles. The molecule has 0 bridgehead atoms. The summed E-state index contributed by atoms with van der Waals surface area (Å²) in [5.41, 5.74) is 3.29. The van der Waals surface area contributed by atoms with E-state index in [2.05, 4.69) is 10.3 Å². The Morgan fingerprint density at radius 2 is 2.07 bits per heavy atom. The zero-order valence-electron chi connectivity index (χ0n) is 14.9. The van der Waals surface area contributed by atoms with Crippen LogP contribution in [0.2, 0.25) is 10.0 Å². The maximum absolute atomic E-state index is 12.4. The largest absolute Gasteiger partial charge is 0.495 e. The quantitative estimate of drug-likeness (QED) is 0.569. The van der Waals surface area contributed by atoms with Gasteiger partial charge in [0, 0.05) is 27.9 Å². The fourth-order valence-corrected chi connectivity index (χ4v) is 3.82. The minimum absolute atomic E-state index is 0.158. The molecule has 0 saturated carbocycles. The number of amides is 1. The Morgan fingerprint density at radius 1 is 1.26 bits per heavy atom. The summed E-state index contributed by atoms with van der Waals surface area (Å²) in [4.78, 5) is 17.0. The average Bonchev–Trinajstić information content (AvgIpc) is 3.04. The Morgan fingerprint density at radius 3 is 2.81 bits per heavy atom. The van der Waals surface area contributed by atoms with Crippen molar-refractivity contribution in [1.29, 1.82) is 0 Å². The van der Waals surface area contributed by atoms with Crippen LogP contribution in [0.4, 0.5) is 5.69 Å². The second-order valence-electron chi connectivity index (χ2n) is 6.07. The predicted octanol–water partition coefficient (Wildman–Crippen LogP) is 5.54. The second-order valence-corrected chi connectivity index (χ2v) is 7.85. The van der Waals surface area contributed by atoms with Gasteiger partial charge >= 0.3 is 0 Å². The van der Waals surface area contributed by atoms with E-state index in [0.29, 0.717) is 27.9 Å². The number of halogens is 2. The van der Waals surface area contributed by atoms with Gasteiger partial charge in [-0.05, 0) is 36.2 Å². The van der Waals surface area contributed by atoms with Crippen molar-refractivity contribution in [3.63, 3.8) is 0 Å². The lowest BCUT2D eigenvalue weighted by atomic mass is 10.2. The van der Waals surface area contributed by atoms with Crippen LogP contribution in [0.1, 0.15) is 21.8 Å². The molecular weight excluding hydrogens is 403 g/mol. The summed E-state index contributed by atoms with van der Waals surface area (Å²) in [7, 11) is 1.54. The molecule has 0 fully saturated rings. The first-order valence-corrected chi connectivity index (χ1v) is 9.90. The van der Waals surface area contributed by atoms with Gasteiger partial charge in [0.05, 0.1) is 29.9 Å². The Labute approximate surface area is 172 Å². The van der Waals surface area contributed by atoms with Crippen LogP contribution in [0.3, 0.4) is 0 Å². The van der Waals surface area contributed by atoms with Gasteiger partial charge in [0.2, 0.25) is 5.91 Å². The van der Waals surface area contributed by atoms with Crippen molar-refractivity contribution in [1.82, 2.24) is 4.98 Å². The molecule has 0 aliphatic rings. The number of nitrogens with zero attached hydrogens (tertiary/aromatic N) is 1. The van der Waals surface area contributed by atoms with E-state index in [4.69, 9.17) is 27.9 Å². The summed E-state index contributed by atoms with van der Waals surface area (Å²) in [5.74, 6) is 0.369. The zero-order chi connectivity index (χ0) is 19.4. The van der Waals surface area contributed by atoms with Crippen molar-refractivity contribution in [2.45, 2.75) is 19.8 Å². The maximum Gasteiger partial charge on any atom is 0.230 e. The Balaban J connectivity index is 1.65. The molecule has 0 spiro atoms. The maximum atomic E-state index is 12.4. The normalized spacial score (nSPS) is 10.7. The molecule has 27 heavy (non-hydrogen) atoms. The molecule has 1 amide bonds. The van der Waals surface area contributed by atoms with Gasteiger partial charge in [0.1, 0.15) is 5.75 Å². The fourth-order valence-electron chi connectivity index (χ4n) is 2.62. The minimum Gasteiger partial charge on any atom is -0.495 e. The van der Waals surface area contributed by atoms with Gasteiger partial charge < -0.3 is 10.1 Å². The molecule has 0 radical (unpaired) electrons. The molecule has 140 valence electrons. The first kappa shape index (κ1) is 19.7. The third-order valence-electron chi connectivity index (χ3n) is 3.94. The summed E-state index contributed by atoms with van der Waals surface area (Å²) in [5, 5.41) is 7.02. The highest BCUT2D eigenvalue weighted by Gasteiger charge is 2.13. The van der Waals surface area contributed by atoms with Crippen LogP contribution in [0.5, 0.6) is 5.75 Å². The van der Waals surface area contributed by atoms with Gasteiger partial charge in [0.25, 0.3) is 0 Å². The number of rotatable bonds is 6. The highest BCUT2D eigenvalue weighted by atomic mass is 35.5. The number of aromatic nitrogens is 1. The minimum atomic E-state index is -0.158. The topological polar surface area (TPSA) is 51.2 Å². The van der Waals surface area contributed by atoms with E-state index in [1.54, 1.807) is 19.2 Å². The van der Waals surface area contributed by atoms with E-state index in [9.17, 15) is 4.79 Å². The molecule has 0 unspecified atom stereocenters. The van der Waals surface area contributed by atoms with Crippen LogP contribution in [0.25, 0.3) is 0 Å². The Kier molecular flexibility index (Phi) is 6.37. The van der Waals surface area contributed by atoms with E-state index >= 15 is 0 Å². The summed E-state index contributed by atoms with van der Waals surface area (Å²) >= 11 is 13.7. The van der Waals surface area contributed by atoms with Crippen LogP contribution in [-0.2, 0) is 17.6 Å². The van der Waals surface area contributed by atoms with Crippen molar-refractivity contribution in [2.75, 3.05) is 12.4 Å². The summed E-state index contributed by atoms with van der Waals surface area (Å²) in [6.07, 6.45) is 0.883. The number of anilines is 1. The molecule has 4 nitrogen and oxygen atoms in total. The fraction of sp³-hybridized carbons (Fsp3) is 0.200. The average molecular weight is 421 g/mol. The number of carbonyl (C=O) groups is 1. The molecule has 0 atom stereocenters. The van der Waals surface area contributed by atoms with Gasteiger partial charge in [-0.25, -0.2) is 4.98 Å². The van der Waals surface area contributed by atoms with Crippen LogP contribution < -0.4 is 10.1 Å². The number of carbonyl (C=O) groups excluding carboxylic acids is 1. The van der Waals surface area contributed by atoms with Crippen molar-refractivity contribution < 1.29 is 9.53 Å². The third-order valence-corrected chi connectivity index (χ3v) is 5.48. The molecule has 0 aliphatic carbocycles. The van der Waals surface area contributed by atoms with E-state index in [-0.39, 0.29) is 12.3 Å². The predicted molar refractivity (Wildman–Crippen MR) is 111 cm³/mol. The van der Waals surface area contributed by atoms with Crippen molar-refractivity contribution >= 4 is 46.1 Å². The molecular formula is C20H18Cl2N2O2S. The molecule has 3 rings (SSSR count). The SMILES string of the molecule is COc1cc(Cl)c(C)cc1NC(=O)Cc1csc(Cc2cccc(Cl)c2)n1. The van der Waals surface area contributed by atoms with E-state index in [1.165, 1.54) is 11.3 Å². The third kappa shape index (κ3) is 5.22. The smallest absolute Gasteiger partial charge is 0.230 e. The van der Waals surface area contributed by atoms with Crippen LogP contribution in [0, 0.1) is 6.92 Å².